The third-order valence-electron chi connectivity index (χ3n) is 6.01. The predicted octanol–water partition coefficient (Wildman–Crippen LogP) is 3.69. The van der Waals surface area contributed by atoms with Crippen molar-refractivity contribution in [3.8, 4) is 0 Å². The van der Waals surface area contributed by atoms with Crippen LogP contribution in [-0.4, -0.2) is 52.5 Å². The first-order chi connectivity index (χ1) is 16.4. The van der Waals surface area contributed by atoms with E-state index in [4.69, 9.17) is 0 Å². The van der Waals surface area contributed by atoms with Crippen molar-refractivity contribution in [3.63, 3.8) is 0 Å². The van der Waals surface area contributed by atoms with Crippen molar-refractivity contribution in [3.05, 3.63) is 72.6 Å². The molecule has 0 aliphatic carbocycles. The molecular weight excluding hydrogens is 470 g/mol. The highest BCUT2D eigenvalue weighted by Gasteiger charge is 2.42. The number of benzene rings is 2. The van der Waals surface area contributed by atoms with Crippen LogP contribution in [0.1, 0.15) is 18.4 Å². The monoisotopic (exact) mass is 495 g/mol. The Kier molecular flexibility index (Phi) is 6.20. The first kappa shape index (κ1) is 22.7. The number of fused-ring (bicyclic) bond motifs is 1. The molecule has 176 valence electrons. The molecule has 1 saturated heterocycles. The van der Waals surface area contributed by atoms with E-state index in [1.807, 2.05) is 43.5 Å². The zero-order chi connectivity index (χ0) is 23.7. The van der Waals surface area contributed by atoms with Crippen molar-refractivity contribution in [1.82, 2.24) is 19.1 Å². The van der Waals surface area contributed by atoms with Gasteiger partial charge in [0.15, 0.2) is 5.13 Å². The number of aromatic nitrogens is 3. The lowest BCUT2D eigenvalue weighted by atomic mass is 10.2. The number of hydrogen-bond acceptors (Lipinski definition) is 6. The SMILES string of the molecule is Cc1ccc(S(=O)(=O)N2CCCC2C(=O)N(CCn2cccn2)c2nc3ccccc3s2)cc1. The number of thiazole rings is 1. The van der Waals surface area contributed by atoms with Gasteiger partial charge in [0.2, 0.25) is 15.9 Å². The summed E-state index contributed by atoms with van der Waals surface area (Å²) in [5, 5.41) is 4.81. The van der Waals surface area contributed by atoms with Crippen molar-refractivity contribution in [2.75, 3.05) is 18.0 Å². The van der Waals surface area contributed by atoms with Crippen LogP contribution in [0.3, 0.4) is 0 Å². The number of sulfonamides is 1. The molecule has 3 heterocycles. The van der Waals surface area contributed by atoms with Gasteiger partial charge in [0.25, 0.3) is 0 Å². The molecule has 1 aliphatic heterocycles. The van der Waals surface area contributed by atoms with E-state index < -0.39 is 16.1 Å². The quantitative estimate of drug-likeness (QED) is 0.390. The molecule has 10 heteroatoms. The van der Waals surface area contributed by atoms with E-state index in [0.717, 1.165) is 15.8 Å². The van der Waals surface area contributed by atoms with Crippen LogP contribution in [-0.2, 0) is 21.4 Å². The maximum atomic E-state index is 13.9. The summed E-state index contributed by atoms with van der Waals surface area (Å²) in [6.45, 7) is 3.05. The molecule has 5 rings (SSSR count). The topological polar surface area (TPSA) is 88.4 Å². The van der Waals surface area contributed by atoms with E-state index in [0.29, 0.717) is 37.6 Å². The molecule has 8 nitrogen and oxygen atoms in total. The van der Waals surface area contributed by atoms with Crippen LogP contribution in [0.2, 0.25) is 0 Å². The molecule has 1 fully saturated rings. The fraction of sp³-hybridized carbons (Fsp3) is 0.292. The smallest absolute Gasteiger partial charge is 0.247 e. The fourth-order valence-electron chi connectivity index (χ4n) is 4.21. The first-order valence-electron chi connectivity index (χ1n) is 11.2. The first-order valence-corrected chi connectivity index (χ1v) is 13.4. The minimum atomic E-state index is -3.80. The van der Waals surface area contributed by atoms with Crippen molar-refractivity contribution < 1.29 is 13.2 Å². The molecule has 34 heavy (non-hydrogen) atoms. The van der Waals surface area contributed by atoms with E-state index in [-0.39, 0.29) is 10.8 Å². The van der Waals surface area contributed by atoms with Gasteiger partial charge in [-0.25, -0.2) is 13.4 Å². The lowest BCUT2D eigenvalue weighted by Crippen LogP contribution is -2.48. The Balaban J connectivity index is 1.47. The zero-order valence-electron chi connectivity index (χ0n) is 18.7. The molecule has 0 spiro atoms. The van der Waals surface area contributed by atoms with E-state index >= 15 is 0 Å². The van der Waals surface area contributed by atoms with E-state index in [1.165, 1.54) is 15.6 Å². The number of aryl methyl sites for hydroxylation is 1. The van der Waals surface area contributed by atoms with Crippen molar-refractivity contribution >= 4 is 42.6 Å². The standard InChI is InChI=1S/C24H25N5O3S2/c1-18-9-11-19(12-10-18)34(31,32)29-15-4-7-21(29)23(30)28(17-16-27-14-5-13-25-27)24-26-20-6-2-3-8-22(20)33-24/h2-3,5-6,8-14,21H,4,7,15-17H2,1H3. The third kappa shape index (κ3) is 4.36. The van der Waals surface area contributed by atoms with Gasteiger partial charge in [-0.3, -0.25) is 14.4 Å². The molecule has 0 bridgehead atoms. The van der Waals surface area contributed by atoms with Gasteiger partial charge in [-0.15, -0.1) is 0 Å². The Morgan fingerprint density at radius 3 is 2.68 bits per heavy atom. The second-order valence-corrected chi connectivity index (χ2v) is 11.2. The molecule has 0 N–H and O–H groups in total. The summed E-state index contributed by atoms with van der Waals surface area (Å²) in [5.74, 6) is -0.251. The maximum Gasteiger partial charge on any atom is 0.247 e. The number of para-hydroxylation sites is 1. The third-order valence-corrected chi connectivity index (χ3v) is 8.99. The molecule has 2 aromatic heterocycles. The van der Waals surface area contributed by atoms with E-state index in [9.17, 15) is 13.2 Å². The maximum absolute atomic E-state index is 13.9. The predicted molar refractivity (Wildman–Crippen MR) is 132 cm³/mol. The number of nitrogens with zero attached hydrogens (tertiary/aromatic N) is 5. The Bertz CT molecular complexity index is 1370. The number of amides is 1. The van der Waals surface area contributed by atoms with Crippen LogP contribution < -0.4 is 4.90 Å². The van der Waals surface area contributed by atoms with Gasteiger partial charge in [0, 0.05) is 25.5 Å². The van der Waals surface area contributed by atoms with Gasteiger partial charge in [-0.2, -0.15) is 9.40 Å². The van der Waals surface area contributed by atoms with Gasteiger partial charge >= 0.3 is 0 Å². The molecule has 1 amide bonds. The molecule has 2 aromatic carbocycles. The summed E-state index contributed by atoms with van der Waals surface area (Å²) < 4.78 is 31.0. The minimum absolute atomic E-state index is 0.209. The Morgan fingerprint density at radius 1 is 1.15 bits per heavy atom. The molecule has 1 aliphatic rings. The van der Waals surface area contributed by atoms with Crippen molar-refractivity contribution in [2.24, 2.45) is 0 Å². The molecular formula is C24H25N5O3S2. The van der Waals surface area contributed by atoms with Crippen LogP contribution in [0, 0.1) is 6.92 Å². The van der Waals surface area contributed by atoms with Gasteiger partial charge in [-0.1, -0.05) is 41.2 Å². The Morgan fingerprint density at radius 2 is 1.94 bits per heavy atom. The highest BCUT2D eigenvalue weighted by Crippen LogP contribution is 2.32. The van der Waals surface area contributed by atoms with E-state index in [2.05, 4.69) is 10.1 Å². The van der Waals surface area contributed by atoms with Crippen molar-refractivity contribution in [1.29, 1.82) is 0 Å². The summed E-state index contributed by atoms with van der Waals surface area (Å²) in [4.78, 5) is 20.4. The minimum Gasteiger partial charge on any atom is -0.285 e. The highest BCUT2D eigenvalue weighted by atomic mass is 32.2. The zero-order valence-corrected chi connectivity index (χ0v) is 20.4. The number of anilines is 1. The number of carbonyl (C=O) groups is 1. The average molecular weight is 496 g/mol. The molecule has 1 atom stereocenters. The number of carbonyl (C=O) groups excluding carboxylic acids is 1. The normalized spacial score (nSPS) is 16.8. The van der Waals surface area contributed by atoms with E-state index in [1.54, 1.807) is 40.0 Å². The van der Waals surface area contributed by atoms with Gasteiger partial charge < -0.3 is 0 Å². The summed E-state index contributed by atoms with van der Waals surface area (Å²) in [7, 11) is -3.80. The molecule has 4 aromatic rings. The molecule has 1 unspecified atom stereocenters. The van der Waals surface area contributed by atoms with Crippen LogP contribution in [0.15, 0.2) is 71.9 Å². The summed E-state index contributed by atoms with van der Waals surface area (Å²) in [6, 6.07) is 15.6. The van der Waals surface area contributed by atoms with Gasteiger partial charge in [0.05, 0.1) is 21.7 Å². The largest absolute Gasteiger partial charge is 0.285 e. The van der Waals surface area contributed by atoms with Crippen LogP contribution >= 0.6 is 11.3 Å². The summed E-state index contributed by atoms with van der Waals surface area (Å²) in [6.07, 6.45) is 4.64. The lowest BCUT2D eigenvalue weighted by Gasteiger charge is -2.28. The average Bonchev–Trinajstić information content (AvgIpc) is 3.59. The fourth-order valence-corrected chi connectivity index (χ4v) is 6.86. The van der Waals surface area contributed by atoms with Gasteiger partial charge in [0.1, 0.15) is 6.04 Å². The molecule has 0 saturated carbocycles. The lowest BCUT2D eigenvalue weighted by molar-refractivity contribution is -0.121. The molecule has 0 radical (unpaired) electrons. The Labute approximate surface area is 202 Å². The van der Waals surface area contributed by atoms with Crippen LogP contribution in [0.25, 0.3) is 10.2 Å². The second-order valence-electron chi connectivity index (χ2n) is 8.31. The summed E-state index contributed by atoms with van der Waals surface area (Å²) >= 11 is 1.43. The van der Waals surface area contributed by atoms with Crippen LogP contribution in [0.4, 0.5) is 5.13 Å². The summed E-state index contributed by atoms with van der Waals surface area (Å²) in [5.41, 5.74) is 1.79. The number of hydrogen-bond donors (Lipinski definition) is 0. The van der Waals surface area contributed by atoms with Crippen molar-refractivity contribution in [2.45, 2.75) is 37.2 Å². The number of rotatable bonds is 7. The Hall–Kier alpha value is -3.08. The highest BCUT2D eigenvalue weighted by molar-refractivity contribution is 7.89. The second kappa shape index (κ2) is 9.28. The van der Waals surface area contributed by atoms with Gasteiger partial charge in [-0.05, 0) is 50.1 Å². The van der Waals surface area contributed by atoms with Crippen LogP contribution in [0.5, 0.6) is 0 Å².